The van der Waals surface area contributed by atoms with Crippen LogP contribution in [-0.4, -0.2) is 0 Å². The molecule has 0 aromatic heterocycles. The van der Waals surface area contributed by atoms with E-state index in [-0.39, 0.29) is 5.41 Å². The first-order valence-electron chi connectivity index (χ1n) is 13.6. The van der Waals surface area contributed by atoms with E-state index >= 15 is 0 Å². The van der Waals surface area contributed by atoms with Gasteiger partial charge < -0.3 is 0 Å². The van der Waals surface area contributed by atoms with Crippen LogP contribution < -0.4 is 0 Å². The Labute approximate surface area is 182 Å². The largest absolute Gasteiger partial charge is 0.198 e. The first-order chi connectivity index (χ1) is 14.2. The van der Waals surface area contributed by atoms with Gasteiger partial charge in [-0.3, -0.25) is 0 Å². The van der Waals surface area contributed by atoms with Gasteiger partial charge in [-0.05, 0) is 100 Å². The van der Waals surface area contributed by atoms with Crippen LogP contribution in [0.4, 0.5) is 0 Å². The van der Waals surface area contributed by atoms with Crippen molar-refractivity contribution in [1.29, 1.82) is 5.26 Å². The van der Waals surface area contributed by atoms with Crippen LogP contribution in [0.3, 0.4) is 0 Å². The van der Waals surface area contributed by atoms with Gasteiger partial charge in [-0.25, -0.2) is 0 Å². The summed E-state index contributed by atoms with van der Waals surface area (Å²) in [5.41, 5.74) is 0.0411. The normalized spacial score (nSPS) is 38.4. The van der Waals surface area contributed by atoms with E-state index in [4.69, 9.17) is 0 Å². The topological polar surface area (TPSA) is 23.8 Å². The van der Waals surface area contributed by atoms with E-state index in [1.807, 2.05) is 0 Å². The Morgan fingerprint density at radius 3 is 1.62 bits per heavy atom. The fourth-order valence-electron chi connectivity index (χ4n) is 7.32. The van der Waals surface area contributed by atoms with E-state index in [0.29, 0.717) is 0 Å². The van der Waals surface area contributed by atoms with E-state index in [1.165, 1.54) is 116 Å². The molecule has 3 rings (SSSR count). The van der Waals surface area contributed by atoms with Gasteiger partial charge in [0.2, 0.25) is 0 Å². The number of hydrogen-bond acceptors (Lipinski definition) is 1. The lowest BCUT2D eigenvalue weighted by molar-refractivity contribution is 0.0898. The smallest absolute Gasteiger partial charge is 0.0689 e. The van der Waals surface area contributed by atoms with Crippen molar-refractivity contribution in [2.24, 2.45) is 35.0 Å². The molecular weight excluding hydrogens is 350 g/mol. The first kappa shape index (κ1) is 23.2. The van der Waals surface area contributed by atoms with Gasteiger partial charge in [0.15, 0.2) is 0 Å². The van der Waals surface area contributed by atoms with Crippen molar-refractivity contribution in [3.05, 3.63) is 0 Å². The minimum absolute atomic E-state index is 0.0411. The summed E-state index contributed by atoms with van der Waals surface area (Å²) < 4.78 is 0. The molecule has 3 saturated carbocycles. The maximum atomic E-state index is 9.77. The van der Waals surface area contributed by atoms with Gasteiger partial charge in [-0.2, -0.15) is 5.26 Å². The molecule has 0 heterocycles. The third kappa shape index (κ3) is 6.48. The van der Waals surface area contributed by atoms with Gasteiger partial charge in [0.25, 0.3) is 0 Å². The number of unbranched alkanes of at least 4 members (excludes halogenated alkanes) is 3. The molecule has 0 bridgehead atoms. The highest BCUT2D eigenvalue weighted by molar-refractivity contribution is 5.02. The van der Waals surface area contributed by atoms with Crippen molar-refractivity contribution >= 4 is 0 Å². The fourth-order valence-corrected chi connectivity index (χ4v) is 7.32. The maximum absolute atomic E-state index is 9.77. The summed E-state index contributed by atoms with van der Waals surface area (Å²) in [6.07, 6.45) is 26.7. The Hall–Kier alpha value is -0.510. The van der Waals surface area contributed by atoms with Gasteiger partial charge in [-0.15, -0.1) is 0 Å². The highest BCUT2D eigenvalue weighted by Crippen LogP contribution is 2.49. The number of hydrogen-bond donors (Lipinski definition) is 0. The highest BCUT2D eigenvalue weighted by Gasteiger charge is 2.39. The van der Waals surface area contributed by atoms with E-state index in [1.54, 1.807) is 0 Å². The Morgan fingerprint density at radius 1 is 0.655 bits per heavy atom. The average molecular weight is 400 g/mol. The minimum atomic E-state index is 0.0411. The number of rotatable bonds is 9. The molecule has 1 nitrogen and oxygen atoms in total. The molecule has 0 atom stereocenters. The standard InChI is InChI=1S/C28H49N/c1-3-5-7-8-23-9-11-24(12-10-23)25-13-15-26(16-14-25)27-17-20-28(22-29,21-18-27)19-6-4-2/h23-27H,3-21H2,1-2H3/t23-,24-,25?,26?,27-,28-. The summed E-state index contributed by atoms with van der Waals surface area (Å²) in [6, 6.07) is 2.75. The lowest BCUT2D eigenvalue weighted by Crippen LogP contribution is -2.32. The molecule has 0 unspecified atom stereocenters. The van der Waals surface area contributed by atoms with Crippen LogP contribution in [0.15, 0.2) is 0 Å². The quantitative estimate of drug-likeness (QED) is 0.355. The molecule has 29 heavy (non-hydrogen) atoms. The molecule has 3 aliphatic rings. The van der Waals surface area contributed by atoms with Crippen LogP contribution in [0.5, 0.6) is 0 Å². The molecule has 0 aliphatic heterocycles. The van der Waals surface area contributed by atoms with Crippen LogP contribution >= 0.6 is 0 Å². The molecule has 3 aliphatic carbocycles. The zero-order valence-corrected chi connectivity index (χ0v) is 19.8. The summed E-state index contributed by atoms with van der Waals surface area (Å²) >= 11 is 0. The van der Waals surface area contributed by atoms with Crippen LogP contribution in [0.25, 0.3) is 0 Å². The SMILES string of the molecule is CCCCC[C@H]1CC[C@H](C2CCC([C@H]3CC[C@@](C#N)(CCCC)CC3)CC2)CC1. The van der Waals surface area contributed by atoms with Crippen LogP contribution in [0.1, 0.15) is 136 Å². The molecular formula is C28H49N. The molecule has 0 aromatic rings. The number of nitrogens with zero attached hydrogens (tertiary/aromatic N) is 1. The second-order valence-corrected chi connectivity index (χ2v) is 11.3. The van der Waals surface area contributed by atoms with E-state index in [9.17, 15) is 5.26 Å². The van der Waals surface area contributed by atoms with Gasteiger partial charge in [0, 0.05) is 0 Å². The lowest BCUT2D eigenvalue weighted by atomic mass is 9.62. The molecule has 0 amide bonds. The van der Waals surface area contributed by atoms with Crippen molar-refractivity contribution in [1.82, 2.24) is 0 Å². The Balaban J connectivity index is 1.36. The summed E-state index contributed by atoms with van der Waals surface area (Å²) in [7, 11) is 0. The molecule has 1 heteroatoms. The van der Waals surface area contributed by atoms with E-state index in [2.05, 4.69) is 19.9 Å². The summed E-state index contributed by atoms with van der Waals surface area (Å²) in [6.45, 7) is 4.58. The molecule has 3 fully saturated rings. The second-order valence-electron chi connectivity index (χ2n) is 11.3. The monoisotopic (exact) mass is 399 g/mol. The molecule has 0 saturated heterocycles. The Morgan fingerprint density at radius 2 is 1.14 bits per heavy atom. The number of nitriles is 1. The van der Waals surface area contributed by atoms with E-state index < -0.39 is 0 Å². The third-order valence-electron chi connectivity index (χ3n) is 9.49. The first-order valence-corrected chi connectivity index (χ1v) is 13.6. The van der Waals surface area contributed by atoms with Crippen LogP contribution in [-0.2, 0) is 0 Å². The highest BCUT2D eigenvalue weighted by atomic mass is 14.5. The Kier molecular flexibility index (Phi) is 9.40. The predicted octanol–water partition coefficient (Wildman–Crippen LogP) is 9.07. The molecule has 0 aromatic carbocycles. The van der Waals surface area contributed by atoms with Gasteiger partial charge in [-0.1, -0.05) is 65.2 Å². The molecule has 0 N–H and O–H groups in total. The van der Waals surface area contributed by atoms with Crippen molar-refractivity contribution in [3.8, 4) is 6.07 Å². The van der Waals surface area contributed by atoms with Gasteiger partial charge >= 0.3 is 0 Å². The van der Waals surface area contributed by atoms with Gasteiger partial charge in [0.05, 0.1) is 11.5 Å². The Bertz CT molecular complexity index is 479. The summed E-state index contributed by atoms with van der Waals surface area (Å²) in [4.78, 5) is 0. The van der Waals surface area contributed by atoms with E-state index in [0.717, 1.165) is 36.0 Å². The summed E-state index contributed by atoms with van der Waals surface area (Å²) in [5.74, 6) is 5.09. The van der Waals surface area contributed by atoms with Crippen molar-refractivity contribution in [3.63, 3.8) is 0 Å². The second kappa shape index (κ2) is 11.8. The maximum Gasteiger partial charge on any atom is 0.0689 e. The molecule has 0 spiro atoms. The average Bonchev–Trinajstić information content (AvgIpc) is 2.79. The van der Waals surface area contributed by atoms with Crippen molar-refractivity contribution < 1.29 is 0 Å². The minimum Gasteiger partial charge on any atom is -0.198 e. The van der Waals surface area contributed by atoms with Crippen LogP contribution in [0, 0.1) is 46.3 Å². The zero-order valence-electron chi connectivity index (χ0n) is 19.8. The summed E-state index contributed by atoms with van der Waals surface area (Å²) in [5, 5.41) is 9.77. The van der Waals surface area contributed by atoms with Crippen molar-refractivity contribution in [2.75, 3.05) is 0 Å². The fraction of sp³-hybridized carbons (Fsp3) is 0.964. The lowest BCUT2D eigenvalue weighted by Gasteiger charge is -2.43. The molecule has 166 valence electrons. The zero-order chi connectivity index (χ0) is 20.5. The van der Waals surface area contributed by atoms with Crippen molar-refractivity contribution in [2.45, 2.75) is 136 Å². The predicted molar refractivity (Wildman–Crippen MR) is 125 cm³/mol. The van der Waals surface area contributed by atoms with Gasteiger partial charge in [0.1, 0.15) is 0 Å². The van der Waals surface area contributed by atoms with Crippen LogP contribution in [0.2, 0.25) is 0 Å². The molecule has 0 radical (unpaired) electrons. The third-order valence-corrected chi connectivity index (χ3v) is 9.49.